The van der Waals surface area contributed by atoms with E-state index in [4.69, 9.17) is 5.41 Å². The number of carbonyl (C=O) groups is 2. The molecule has 0 atom stereocenters. The molecule has 0 radical (unpaired) electrons. The van der Waals surface area contributed by atoms with Crippen LogP contribution in [0.15, 0.2) is 12.2 Å². The number of rotatable bonds is 9. The van der Waals surface area contributed by atoms with Crippen LogP contribution in [0.3, 0.4) is 0 Å². The van der Waals surface area contributed by atoms with E-state index < -0.39 is 0 Å². The highest BCUT2D eigenvalue weighted by atomic mass is 16.1. The van der Waals surface area contributed by atoms with E-state index in [1.54, 1.807) is 0 Å². The first-order valence-corrected chi connectivity index (χ1v) is 4.88. The highest BCUT2D eigenvalue weighted by molar-refractivity contribution is 6.12. The predicted octanol–water partition coefficient (Wildman–Crippen LogP) is 2.30. The van der Waals surface area contributed by atoms with E-state index in [1.807, 2.05) is 0 Å². The van der Waals surface area contributed by atoms with Crippen LogP contribution in [-0.4, -0.2) is 18.3 Å². The van der Waals surface area contributed by atoms with Crippen molar-refractivity contribution in [2.45, 2.75) is 38.5 Å². The summed E-state index contributed by atoms with van der Waals surface area (Å²) in [5, 5.41) is 7.42. The highest BCUT2D eigenvalue weighted by Crippen LogP contribution is 2.06. The third-order valence-corrected chi connectivity index (χ3v) is 2.03. The van der Waals surface area contributed by atoms with Gasteiger partial charge < -0.3 is 10.2 Å². The van der Waals surface area contributed by atoms with Crippen molar-refractivity contribution in [3.8, 4) is 0 Å². The van der Waals surface area contributed by atoms with Gasteiger partial charge in [0.15, 0.2) is 6.29 Å². The molecule has 0 unspecified atom stereocenters. The molecule has 3 heteroatoms. The number of nitrogens with one attached hydrogen (secondary N) is 1. The third kappa shape index (κ3) is 6.29. The molecule has 0 aromatic heterocycles. The molecule has 78 valence electrons. The first kappa shape index (κ1) is 12.8. The molecule has 0 aliphatic heterocycles. The highest BCUT2D eigenvalue weighted by Gasteiger charge is 2.00. The van der Waals surface area contributed by atoms with Gasteiger partial charge in [-0.25, -0.2) is 0 Å². The number of unbranched alkanes of at least 4 members (excludes halogenated alkanes) is 4. The summed E-state index contributed by atoms with van der Waals surface area (Å²) in [6.45, 7) is 3.46. The van der Waals surface area contributed by atoms with Crippen molar-refractivity contribution in [1.29, 1.82) is 5.41 Å². The fourth-order valence-corrected chi connectivity index (χ4v) is 1.11. The quantitative estimate of drug-likeness (QED) is 0.265. The van der Waals surface area contributed by atoms with Gasteiger partial charge in [0.05, 0.1) is 0 Å². The van der Waals surface area contributed by atoms with Gasteiger partial charge in [-0.1, -0.05) is 19.4 Å². The minimum atomic E-state index is 0.276. The molecule has 14 heavy (non-hydrogen) atoms. The van der Waals surface area contributed by atoms with Crippen molar-refractivity contribution in [2.75, 3.05) is 0 Å². The van der Waals surface area contributed by atoms with Crippen LogP contribution in [0.25, 0.3) is 0 Å². The second-order valence-electron chi connectivity index (χ2n) is 3.24. The van der Waals surface area contributed by atoms with Crippen molar-refractivity contribution in [1.82, 2.24) is 0 Å². The fraction of sp³-hybridized carbons (Fsp3) is 0.545. The van der Waals surface area contributed by atoms with Crippen LogP contribution in [0.2, 0.25) is 0 Å². The Morgan fingerprint density at radius 2 is 1.79 bits per heavy atom. The van der Waals surface area contributed by atoms with E-state index in [9.17, 15) is 9.59 Å². The lowest BCUT2D eigenvalue weighted by molar-refractivity contribution is -0.108. The second kappa shape index (κ2) is 8.35. The summed E-state index contributed by atoms with van der Waals surface area (Å²) in [7, 11) is 0. The Bertz CT molecular complexity index is 221. The van der Waals surface area contributed by atoms with Crippen molar-refractivity contribution >= 4 is 18.3 Å². The minimum absolute atomic E-state index is 0.276. The maximum atomic E-state index is 10.2. The summed E-state index contributed by atoms with van der Waals surface area (Å²) in [5.41, 5.74) is 0.605. The molecule has 0 bridgehead atoms. The maximum absolute atomic E-state index is 10.2. The molecule has 3 nitrogen and oxygen atoms in total. The van der Waals surface area contributed by atoms with Crippen molar-refractivity contribution < 1.29 is 9.59 Å². The zero-order valence-electron chi connectivity index (χ0n) is 8.42. The first-order chi connectivity index (χ1) is 6.72. The summed E-state index contributed by atoms with van der Waals surface area (Å²) >= 11 is 0. The fourth-order valence-electron chi connectivity index (χ4n) is 1.11. The first-order valence-electron chi connectivity index (χ1n) is 4.88. The Kier molecular flexibility index (Phi) is 7.61. The van der Waals surface area contributed by atoms with Gasteiger partial charge >= 0.3 is 0 Å². The average molecular weight is 195 g/mol. The van der Waals surface area contributed by atoms with Gasteiger partial charge in [-0.3, -0.25) is 4.79 Å². The number of hydrogen-bond acceptors (Lipinski definition) is 3. The van der Waals surface area contributed by atoms with E-state index in [2.05, 4.69) is 6.58 Å². The molecule has 0 saturated carbocycles. The number of aldehydes is 2. The topological polar surface area (TPSA) is 58.0 Å². The van der Waals surface area contributed by atoms with Gasteiger partial charge in [0.25, 0.3) is 0 Å². The number of carbonyl (C=O) groups excluding carboxylic acids is 2. The molecule has 0 aliphatic rings. The minimum Gasteiger partial charge on any atom is -0.305 e. The van der Waals surface area contributed by atoms with Crippen LogP contribution in [0.4, 0.5) is 0 Å². The monoisotopic (exact) mass is 195 g/mol. The standard InChI is InChI=1S/C11H17NO2/c1-10(9-14)11(12)7-5-3-2-4-6-8-13/h8-9,12H,1-7H2. The molecule has 1 N–H and O–H groups in total. The number of allylic oxidation sites excluding steroid dienone is 1. The molecule has 0 heterocycles. The van der Waals surface area contributed by atoms with Gasteiger partial charge in [0.2, 0.25) is 0 Å². The Labute approximate surface area is 84.7 Å². The average Bonchev–Trinajstić information content (AvgIpc) is 2.21. The largest absolute Gasteiger partial charge is 0.305 e. The van der Waals surface area contributed by atoms with Crippen LogP contribution >= 0.6 is 0 Å². The molecular formula is C11H17NO2. The summed E-state index contributed by atoms with van der Waals surface area (Å²) in [6.07, 6.45) is 6.61. The van der Waals surface area contributed by atoms with Crippen LogP contribution < -0.4 is 0 Å². The molecule has 0 saturated heterocycles. The lowest BCUT2D eigenvalue weighted by Gasteiger charge is -2.01. The van der Waals surface area contributed by atoms with Crippen molar-refractivity contribution in [3.63, 3.8) is 0 Å². The molecule has 0 spiro atoms. The smallest absolute Gasteiger partial charge is 0.151 e. The zero-order chi connectivity index (χ0) is 10.8. The van der Waals surface area contributed by atoms with Crippen LogP contribution in [0.1, 0.15) is 38.5 Å². The van der Waals surface area contributed by atoms with Gasteiger partial charge in [-0.05, 0) is 19.3 Å². The summed E-state index contributed by atoms with van der Waals surface area (Å²) < 4.78 is 0. The van der Waals surface area contributed by atoms with E-state index in [0.29, 0.717) is 24.8 Å². The van der Waals surface area contributed by atoms with Gasteiger partial charge in [-0.15, -0.1) is 0 Å². The Morgan fingerprint density at radius 3 is 2.36 bits per heavy atom. The molecule has 0 aromatic rings. The zero-order valence-corrected chi connectivity index (χ0v) is 8.42. The number of hydrogen-bond donors (Lipinski definition) is 1. The predicted molar refractivity (Wildman–Crippen MR) is 56.7 cm³/mol. The summed E-state index contributed by atoms with van der Waals surface area (Å²) in [4.78, 5) is 20.2. The maximum Gasteiger partial charge on any atom is 0.151 e. The van der Waals surface area contributed by atoms with Gasteiger partial charge in [0.1, 0.15) is 6.29 Å². The van der Waals surface area contributed by atoms with Crippen molar-refractivity contribution in [2.24, 2.45) is 0 Å². The Morgan fingerprint density at radius 1 is 1.14 bits per heavy atom. The second-order valence-corrected chi connectivity index (χ2v) is 3.24. The molecule has 0 aromatic carbocycles. The van der Waals surface area contributed by atoms with E-state index in [-0.39, 0.29) is 5.57 Å². The van der Waals surface area contributed by atoms with Gasteiger partial charge in [-0.2, -0.15) is 0 Å². The Balaban J connectivity index is 3.36. The van der Waals surface area contributed by atoms with Crippen molar-refractivity contribution in [3.05, 3.63) is 12.2 Å². The third-order valence-electron chi connectivity index (χ3n) is 2.03. The summed E-state index contributed by atoms with van der Waals surface area (Å²) in [6, 6.07) is 0. The van der Waals surface area contributed by atoms with Crippen LogP contribution in [-0.2, 0) is 9.59 Å². The van der Waals surface area contributed by atoms with Crippen LogP contribution in [0.5, 0.6) is 0 Å². The lowest BCUT2D eigenvalue weighted by Crippen LogP contribution is -2.00. The molecule has 0 rings (SSSR count). The summed E-state index contributed by atoms with van der Waals surface area (Å²) in [5.74, 6) is 0. The molecular weight excluding hydrogens is 178 g/mol. The van der Waals surface area contributed by atoms with Crippen LogP contribution in [0, 0.1) is 5.41 Å². The normalized spacial score (nSPS) is 9.43. The van der Waals surface area contributed by atoms with Gasteiger partial charge in [0, 0.05) is 17.7 Å². The molecule has 0 amide bonds. The van der Waals surface area contributed by atoms with E-state index >= 15 is 0 Å². The van der Waals surface area contributed by atoms with E-state index in [1.165, 1.54) is 0 Å². The lowest BCUT2D eigenvalue weighted by atomic mass is 10.1. The SMILES string of the molecule is C=C(C=O)C(=N)CCCCCCC=O. The Hall–Kier alpha value is -1.25. The van der Waals surface area contributed by atoms with E-state index in [0.717, 1.165) is 32.0 Å². The molecule has 0 aliphatic carbocycles. The molecule has 0 fully saturated rings.